The van der Waals surface area contributed by atoms with Crippen LogP contribution in [0.4, 0.5) is 23.7 Å². The highest BCUT2D eigenvalue weighted by Gasteiger charge is 2.34. The zero-order valence-corrected chi connectivity index (χ0v) is 17.8. The first-order valence-electron chi connectivity index (χ1n) is 9.10. The summed E-state index contributed by atoms with van der Waals surface area (Å²) in [6, 6.07) is 8.03. The summed E-state index contributed by atoms with van der Waals surface area (Å²) in [7, 11) is 4.57. The number of halogens is 3. The van der Waals surface area contributed by atoms with Crippen LogP contribution in [0, 0.1) is 0 Å². The van der Waals surface area contributed by atoms with Crippen molar-refractivity contribution in [1.29, 1.82) is 0 Å². The van der Waals surface area contributed by atoms with Crippen LogP contribution in [0.1, 0.15) is 10.9 Å². The quantitative estimate of drug-likeness (QED) is 0.665. The molecular weight excluding hydrogens is 437 g/mol. The fourth-order valence-electron chi connectivity index (χ4n) is 3.12. The van der Waals surface area contributed by atoms with Crippen LogP contribution in [-0.2, 0) is 0 Å². The van der Waals surface area contributed by atoms with Crippen LogP contribution in [0.25, 0.3) is 0 Å². The highest BCUT2D eigenvalue weighted by Crippen LogP contribution is 2.46. The van der Waals surface area contributed by atoms with Gasteiger partial charge in [-0.1, -0.05) is 0 Å². The van der Waals surface area contributed by atoms with Crippen molar-refractivity contribution in [2.75, 3.05) is 38.9 Å². The molecule has 11 heteroatoms. The molecule has 3 rings (SSSR count). The summed E-state index contributed by atoms with van der Waals surface area (Å²) in [5.41, 5.74) is 1.08. The molecule has 2 aromatic carbocycles. The van der Waals surface area contributed by atoms with Crippen LogP contribution >= 0.6 is 11.8 Å². The second-order valence-electron chi connectivity index (χ2n) is 6.37. The molecule has 0 spiro atoms. The third-order valence-corrected chi connectivity index (χ3v) is 5.74. The van der Waals surface area contributed by atoms with Gasteiger partial charge in [-0.15, -0.1) is 24.9 Å². The van der Waals surface area contributed by atoms with Gasteiger partial charge in [0.15, 0.2) is 11.5 Å². The molecule has 0 radical (unpaired) electrons. The summed E-state index contributed by atoms with van der Waals surface area (Å²) in [5, 5.41) is 2.36. The van der Waals surface area contributed by atoms with Gasteiger partial charge < -0.3 is 29.2 Å². The van der Waals surface area contributed by atoms with Gasteiger partial charge in [0.05, 0.1) is 21.3 Å². The Kier molecular flexibility index (Phi) is 6.94. The van der Waals surface area contributed by atoms with E-state index in [-0.39, 0.29) is 11.1 Å². The molecule has 0 saturated carbocycles. The van der Waals surface area contributed by atoms with Crippen molar-refractivity contribution < 1.29 is 36.9 Å². The van der Waals surface area contributed by atoms with Crippen LogP contribution in [0.2, 0.25) is 0 Å². The first kappa shape index (κ1) is 22.7. The van der Waals surface area contributed by atoms with Crippen molar-refractivity contribution in [1.82, 2.24) is 4.90 Å². The van der Waals surface area contributed by atoms with E-state index in [4.69, 9.17) is 14.2 Å². The summed E-state index contributed by atoms with van der Waals surface area (Å²) in [6.45, 7) is 0.480. The number of ether oxygens (including phenoxy) is 4. The number of carbonyl (C=O) groups is 1. The number of anilines is 1. The van der Waals surface area contributed by atoms with Gasteiger partial charge in [-0.25, -0.2) is 4.79 Å². The monoisotopic (exact) mass is 458 g/mol. The van der Waals surface area contributed by atoms with Crippen LogP contribution in [0.5, 0.6) is 23.0 Å². The van der Waals surface area contributed by atoms with Gasteiger partial charge in [0, 0.05) is 29.6 Å². The first-order valence-corrected chi connectivity index (χ1v) is 10.2. The number of hydrogen-bond donors (Lipinski definition) is 1. The summed E-state index contributed by atoms with van der Waals surface area (Å²) in [6.07, 6.45) is -4.77. The van der Waals surface area contributed by atoms with E-state index in [0.29, 0.717) is 35.2 Å². The van der Waals surface area contributed by atoms with E-state index >= 15 is 0 Å². The number of nitrogens with zero attached hydrogens (tertiary/aromatic N) is 1. The lowest BCUT2D eigenvalue weighted by Gasteiger charge is -2.26. The number of nitrogens with one attached hydrogen (secondary N) is 1. The molecule has 2 aromatic rings. The minimum Gasteiger partial charge on any atom is -0.496 e. The molecule has 1 N–H and O–H groups in total. The van der Waals surface area contributed by atoms with Gasteiger partial charge in [0.25, 0.3) is 0 Å². The number of urea groups is 1. The third kappa shape index (κ3) is 5.40. The van der Waals surface area contributed by atoms with Crippen LogP contribution in [0.15, 0.2) is 36.4 Å². The maximum atomic E-state index is 12.9. The summed E-state index contributed by atoms with van der Waals surface area (Å²) in [5.74, 6) is 1.89. The molecule has 1 fully saturated rings. The van der Waals surface area contributed by atoms with Crippen LogP contribution in [-0.4, -0.2) is 50.9 Å². The Balaban J connectivity index is 1.78. The van der Waals surface area contributed by atoms with E-state index in [9.17, 15) is 18.0 Å². The molecule has 1 heterocycles. The van der Waals surface area contributed by atoms with Crippen molar-refractivity contribution in [3.8, 4) is 23.0 Å². The van der Waals surface area contributed by atoms with E-state index in [2.05, 4.69) is 10.1 Å². The Morgan fingerprint density at radius 3 is 2.23 bits per heavy atom. The topological polar surface area (TPSA) is 69.3 Å². The van der Waals surface area contributed by atoms with Crippen LogP contribution < -0.4 is 24.3 Å². The molecule has 0 bridgehead atoms. The predicted octanol–water partition coefficient (Wildman–Crippen LogP) is 4.89. The minimum absolute atomic E-state index is 0.342. The summed E-state index contributed by atoms with van der Waals surface area (Å²) in [4.78, 5) is 14.5. The number of benzene rings is 2. The first-order chi connectivity index (χ1) is 14.8. The number of amides is 2. The zero-order chi connectivity index (χ0) is 22.6. The van der Waals surface area contributed by atoms with Gasteiger partial charge in [0.1, 0.15) is 16.9 Å². The second kappa shape index (κ2) is 9.46. The average Bonchev–Trinajstić information content (AvgIpc) is 3.23. The van der Waals surface area contributed by atoms with Crippen molar-refractivity contribution in [3.63, 3.8) is 0 Å². The molecule has 1 aliphatic heterocycles. The Morgan fingerprint density at radius 1 is 1.03 bits per heavy atom. The lowest BCUT2D eigenvalue weighted by Crippen LogP contribution is -2.34. The minimum atomic E-state index is -4.77. The lowest BCUT2D eigenvalue weighted by atomic mass is 10.1. The number of hydrogen-bond acceptors (Lipinski definition) is 6. The highest BCUT2D eigenvalue weighted by atomic mass is 32.2. The second-order valence-corrected chi connectivity index (χ2v) is 7.56. The van der Waals surface area contributed by atoms with Gasteiger partial charge in [0.2, 0.25) is 0 Å². The third-order valence-electron chi connectivity index (χ3n) is 4.49. The fraction of sp³-hybridized carbons (Fsp3) is 0.350. The zero-order valence-electron chi connectivity index (χ0n) is 17.0. The van der Waals surface area contributed by atoms with E-state index in [1.54, 1.807) is 28.8 Å². The SMILES string of the molecule is COc1cc(OC)c(C2SCCN2C(=O)Nc2ccc(OC(F)(F)F)cc2)cc1OC. The molecule has 0 aromatic heterocycles. The standard InChI is InChI=1S/C20H21F3N2O5S/c1-27-15-11-17(29-3)16(28-2)10-14(15)18-25(8-9-31-18)19(26)24-12-4-6-13(7-5-12)30-20(21,22)23/h4-7,10-11,18H,8-9H2,1-3H3,(H,24,26). The van der Waals surface area contributed by atoms with Crippen molar-refractivity contribution in [2.45, 2.75) is 11.7 Å². The number of carbonyl (C=O) groups excluding carboxylic acids is 1. The van der Waals surface area contributed by atoms with E-state index in [1.165, 1.54) is 33.5 Å². The molecular formula is C20H21F3N2O5S. The van der Waals surface area contributed by atoms with Gasteiger partial charge in [-0.2, -0.15) is 0 Å². The molecule has 2 amide bonds. The Morgan fingerprint density at radius 2 is 1.65 bits per heavy atom. The number of thioether (sulfide) groups is 1. The maximum Gasteiger partial charge on any atom is 0.573 e. The molecule has 1 atom stereocenters. The maximum absolute atomic E-state index is 12.9. The molecule has 168 valence electrons. The average molecular weight is 458 g/mol. The fourth-order valence-corrected chi connectivity index (χ4v) is 4.39. The van der Waals surface area contributed by atoms with E-state index in [1.807, 2.05) is 0 Å². The number of rotatable bonds is 6. The van der Waals surface area contributed by atoms with E-state index in [0.717, 1.165) is 17.7 Å². The molecule has 1 aliphatic rings. The lowest BCUT2D eigenvalue weighted by molar-refractivity contribution is -0.274. The summed E-state index contributed by atoms with van der Waals surface area (Å²) >= 11 is 1.56. The largest absolute Gasteiger partial charge is 0.573 e. The Hall–Kier alpha value is -2.95. The van der Waals surface area contributed by atoms with Gasteiger partial charge in [-0.3, -0.25) is 0 Å². The Bertz CT molecular complexity index is 924. The Labute approximate surface area is 181 Å². The van der Waals surface area contributed by atoms with Gasteiger partial charge in [-0.05, 0) is 30.3 Å². The normalized spacial score (nSPS) is 16.1. The molecule has 0 aliphatic carbocycles. The van der Waals surface area contributed by atoms with Gasteiger partial charge >= 0.3 is 12.4 Å². The number of alkyl halides is 3. The smallest absolute Gasteiger partial charge is 0.496 e. The molecule has 1 unspecified atom stereocenters. The van der Waals surface area contributed by atoms with Crippen molar-refractivity contribution >= 4 is 23.5 Å². The number of methoxy groups -OCH3 is 3. The predicted molar refractivity (Wildman–Crippen MR) is 110 cm³/mol. The highest BCUT2D eigenvalue weighted by molar-refractivity contribution is 7.99. The van der Waals surface area contributed by atoms with E-state index < -0.39 is 12.4 Å². The molecule has 31 heavy (non-hydrogen) atoms. The molecule has 1 saturated heterocycles. The van der Waals surface area contributed by atoms with Crippen LogP contribution in [0.3, 0.4) is 0 Å². The van der Waals surface area contributed by atoms with Crippen molar-refractivity contribution in [3.05, 3.63) is 42.0 Å². The summed E-state index contributed by atoms with van der Waals surface area (Å²) < 4.78 is 56.9. The molecule has 7 nitrogen and oxygen atoms in total. The van der Waals surface area contributed by atoms with Crippen molar-refractivity contribution in [2.24, 2.45) is 0 Å².